The maximum Gasteiger partial charge on any atom is 0.225 e. The van der Waals surface area contributed by atoms with Crippen molar-refractivity contribution < 1.29 is 5.11 Å². The summed E-state index contributed by atoms with van der Waals surface area (Å²) in [6.45, 7) is 5.85. The molecule has 0 radical (unpaired) electrons. The van der Waals surface area contributed by atoms with E-state index in [4.69, 9.17) is 11.6 Å². The molecule has 0 bridgehead atoms. The molecule has 6 heteroatoms. The number of aryl methyl sites for hydroxylation is 1. The summed E-state index contributed by atoms with van der Waals surface area (Å²) in [6, 6.07) is 2.19. The van der Waals surface area contributed by atoms with E-state index in [0.717, 1.165) is 48.4 Å². The fourth-order valence-electron chi connectivity index (χ4n) is 2.94. The molecule has 2 aromatic rings. The molecule has 1 aliphatic heterocycles. The first kappa shape index (κ1) is 15.0. The minimum absolute atomic E-state index is 0.228. The molecular weight excluding hydrogens is 306 g/mol. The molecule has 2 aromatic heterocycles. The fourth-order valence-corrected chi connectivity index (χ4v) is 4.12. The van der Waals surface area contributed by atoms with Gasteiger partial charge in [-0.1, -0.05) is 6.92 Å². The van der Waals surface area contributed by atoms with Crippen molar-refractivity contribution in [1.29, 1.82) is 0 Å². The van der Waals surface area contributed by atoms with Crippen molar-refractivity contribution >= 4 is 39.0 Å². The van der Waals surface area contributed by atoms with Crippen molar-refractivity contribution in [2.45, 2.75) is 39.2 Å². The van der Waals surface area contributed by atoms with E-state index in [1.807, 2.05) is 6.92 Å². The van der Waals surface area contributed by atoms with Crippen LogP contribution in [0, 0.1) is 5.92 Å². The SMILES string of the molecule is CCc1cc2c(N3CCC(C(C)O)CC3)nc(Cl)nc2s1. The van der Waals surface area contributed by atoms with E-state index in [-0.39, 0.29) is 6.10 Å². The molecule has 0 aliphatic carbocycles. The topological polar surface area (TPSA) is 49.2 Å². The number of rotatable bonds is 3. The first-order valence-electron chi connectivity index (χ1n) is 7.47. The molecule has 1 fully saturated rings. The summed E-state index contributed by atoms with van der Waals surface area (Å²) in [5, 5.41) is 11.1. The van der Waals surface area contributed by atoms with E-state index < -0.39 is 0 Å². The van der Waals surface area contributed by atoms with Crippen molar-refractivity contribution in [3.05, 3.63) is 16.2 Å². The van der Waals surface area contributed by atoms with Crippen LogP contribution in [-0.4, -0.2) is 34.3 Å². The van der Waals surface area contributed by atoms with Crippen LogP contribution in [0.15, 0.2) is 6.07 Å². The minimum atomic E-state index is -0.228. The Bertz CT molecular complexity index is 635. The summed E-state index contributed by atoms with van der Waals surface area (Å²) in [6.07, 6.45) is 2.76. The van der Waals surface area contributed by atoms with Gasteiger partial charge in [0.15, 0.2) is 0 Å². The predicted molar refractivity (Wildman–Crippen MR) is 88.4 cm³/mol. The summed E-state index contributed by atoms with van der Waals surface area (Å²) in [4.78, 5) is 13.4. The molecule has 4 nitrogen and oxygen atoms in total. The monoisotopic (exact) mass is 325 g/mol. The Kier molecular flexibility index (Phi) is 4.33. The Morgan fingerprint density at radius 2 is 2.14 bits per heavy atom. The van der Waals surface area contributed by atoms with E-state index in [0.29, 0.717) is 11.2 Å². The van der Waals surface area contributed by atoms with Crippen LogP contribution in [0.2, 0.25) is 5.28 Å². The van der Waals surface area contributed by atoms with E-state index >= 15 is 0 Å². The van der Waals surface area contributed by atoms with Crippen LogP contribution in [0.3, 0.4) is 0 Å². The number of hydrogen-bond donors (Lipinski definition) is 1. The van der Waals surface area contributed by atoms with Crippen molar-refractivity contribution in [2.24, 2.45) is 5.92 Å². The predicted octanol–water partition coefficient (Wildman–Crippen LogP) is 3.50. The number of aromatic nitrogens is 2. The minimum Gasteiger partial charge on any atom is -0.393 e. The lowest BCUT2D eigenvalue weighted by Crippen LogP contribution is -2.37. The maximum atomic E-state index is 9.72. The lowest BCUT2D eigenvalue weighted by atomic mass is 9.92. The number of aliphatic hydroxyl groups excluding tert-OH is 1. The second kappa shape index (κ2) is 6.07. The van der Waals surface area contributed by atoms with Crippen LogP contribution in [0.4, 0.5) is 5.82 Å². The van der Waals surface area contributed by atoms with E-state index in [9.17, 15) is 5.11 Å². The van der Waals surface area contributed by atoms with Crippen molar-refractivity contribution in [3.8, 4) is 0 Å². The molecule has 1 unspecified atom stereocenters. The molecule has 21 heavy (non-hydrogen) atoms. The van der Waals surface area contributed by atoms with Gasteiger partial charge in [0, 0.05) is 18.0 Å². The molecule has 0 aromatic carbocycles. The van der Waals surface area contributed by atoms with E-state index in [1.165, 1.54) is 4.88 Å². The van der Waals surface area contributed by atoms with E-state index in [1.54, 1.807) is 11.3 Å². The molecule has 3 rings (SSSR count). The third kappa shape index (κ3) is 3.00. The number of hydrogen-bond acceptors (Lipinski definition) is 5. The third-order valence-electron chi connectivity index (χ3n) is 4.27. The zero-order chi connectivity index (χ0) is 15.0. The maximum absolute atomic E-state index is 9.72. The molecule has 1 atom stereocenters. The number of anilines is 1. The number of halogens is 1. The molecule has 1 saturated heterocycles. The quantitative estimate of drug-likeness (QED) is 0.877. The summed E-state index contributed by atoms with van der Waals surface area (Å²) in [5.41, 5.74) is 0. The Morgan fingerprint density at radius 1 is 1.43 bits per heavy atom. The highest BCUT2D eigenvalue weighted by Crippen LogP contribution is 2.34. The summed E-state index contributed by atoms with van der Waals surface area (Å²) in [5.74, 6) is 1.34. The Morgan fingerprint density at radius 3 is 2.76 bits per heavy atom. The number of fused-ring (bicyclic) bond motifs is 1. The largest absolute Gasteiger partial charge is 0.393 e. The number of aliphatic hydroxyl groups is 1. The highest BCUT2D eigenvalue weighted by Gasteiger charge is 2.25. The van der Waals surface area contributed by atoms with Gasteiger partial charge in [-0.2, -0.15) is 4.98 Å². The Labute approximate surface area is 133 Å². The second-order valence-electron chi connectivity index (χ2n) is 5.67. The molecule has 0 spiro atoms. The van der Waals surface area contributed by atoms with Gasteiger partial charge < -0.3 is 10.0 Å². The summed E-state index contributed by atoms with van der Waals surface area (Å²) < 4.78 is 0. The van der Waals surface area contributed by atoms with Crippen LogP contribution in [-0.2, 0) is 6.42 Å². The van der Waals surface area contributed by atoms with Gasteiger partial charge in [0.05, 0.1) is 11.5 Å². The zero-order valence-electron chi connectivity index (χ0n) is 12.3. The Hall–Kier alpha value is -0.910. The van der Waals surface area contributed by atoms with Gasteiger partial charge >= 0.3 is 0 Å². The summed E-state index contributed by atoms with van der Waals surface area (Å²) in [7, 11) is 0. The second-order valence-corrected chi connectivity index (χ2v) is 7.12. The first-order chi connectivity index (χ1) is 10.1. The number of thiophene rings is 1. The van der Waals surface area contributed by atoms with Crippen molar-refractivity contribution in [3.63, 3.8) is 0 Å². The molecule has 1 aliphatic rings. The molecular formula is C15H20ClN3OS. The zero-order valence-corrected chi connectivity index (χ0v) is 13.9. The normalized spacial score (nSPS) is 18.4. The van der Waals surface area contributed by atoms with Crippen LogP contribution in [0.25, 0.3) is 10.2 Å². The van der Waals surface area contributed by atoms with Gasteiger partial charge in [-0.15, -0.1) is 11.3 Å². The highest BCUT2D eigenvalue weighted by atomic mass is 35.5. The fraction of sp³-hybridized carbons (Fsp3) is 0.600. The molecule has 0 amide bonds. The standard InChI is InChI=1S/C15H20ClN3OS/c1-3-11-8-12-13(17-15(16)18-14(12)21-11)19-6-4-10(5-7-19)9(2)20/h8-10,20H,3-7H2,1-2H3. The number of piperidine rings is 1. The van der Waals surface area contributed by atoms with Crippen LogP contribution < -0.4 is 4.90 Å². The third-order valence-corrected chi connectivity index (χ3v) is 5.61. The van der Waals surface area contributed by atoms with Crippen LogP contribution in [0.1, 0.15) is 31.6 Å². The smallest absolute Gasteiger partial charge is 0.225 e. The van der Waals surface area contributed by atoms with Gasteiger partial charge in [0.2, 0.25) is 5.28 Å². The lowest BCUT2D eigenvalue weighted by molar-refractivity contribution is 0.110. The van der Waals surface area contributed by atoms with Crippen molar-refractivity contribution in [1.82, 2.24) is 9.97 Å². The Balaban J connectivity index is 1.91. The molecule has 114 valence electrons. The lowest BCUT2D eigenvalue weighted by Gasteiger charge is -2.34. The van der Waals surface area contributed by atoms with Gasteiger partial charge in [0.1, 0.15) is 10.6 Å². The van der Waals surface area contributed by atoms with Crippen molar-refractivity contribution in [2.75, 3.05) is 18.0 Å². The van der Waals surface area contributed by atoms with Gasteiger partial charge in [0.25, 0.3) is 0 Å². The van der Waals surface area contributed by atoms with Gasteiger partial charge in [-0.3, -0.25) is 0 Å². The average Bonchev–Trinajstić information content (AvgIpc) is 2.89. The van der Waals surface area contributed by atoms with Gasteiger partial charge in [-0.25, -0.2) is 4.98 Å². The molecule has 1 N–H and O–H groups in total. The van der Waals surface area contributed by atoms with Crippen LogP contribution in [0.5, 0.6) is 0 Å². The van der Waals surface area contributed by atoms with E-state index in [2.05, 4.69) is 27.9 Å². The highest BCUT2D eigenvalue weighted by molar-refractivity contribution is 7.18. The van der Waals surface area contributed by atoms with Gasteiger partial charge in [-0.05, 0) is 49.8 Å². The van der Waals surface area contributed by atoms with Crippen LogP contribution >= 0.6 is 22.9 Å². The first-order valence-corrected chi connectivity index (χ1v) is 8.67. The average molecular weight is 326 g/mol. The molecule has 3 heterocycles. The molecule has 0 saturated carbocycles. The summed E-state index contributed by atoms with van der Waals surface area (Å²) >= 11 is 7.79. The number of nitrogens with zero attached hydrogens (tertiary/aromatic N) is 3.